The van der Waals surface area contributed by atoms with E-state index in [2.05, 4.69) is 22.8 Å². The third-order valence-corrected chi connectivity index (χ3v) is 8.13. The number of alkyl carbamates (subject to hydrolysis) is 1. The normalized spacial score (nSPS) is 16.9. The number of aliphatic carboxylic acids is 1. The van der Waals surface area contributed by atoms with E-state index in [0.29, 0.717) is 0 Å². The first-order valence-electron chi connectivity index (χ1n) is 14.1. The Kier molecular flexibility index (Phi) is 8.40. The second-order valence-corrected chi connectivity index (χ2v) is 11.2. The Morgan fingerprint density at radius 3 is 2.10 bits per heavy atom. The molecule has 3 aromatic rings. The van der Waals surface area contributed by atoms with Gasteiger partial charge in [0.1, 0.15) is 12.6 Å². The number of carboxylic acid groups (broad SMARTS) is 1. The first kappa shape index (κ1) is 28.4. The van der Waals surface area contributed by atoms with Crippen molar-refractivity contribution >= 4 is 18.0 Å². The Morgan fingerprint density at radius 2 is 1.51 bits per heavy atom. The van der Waals surface area contributed by atoms with E-state index in [-0.39, 0.29) is 31.5 Å². The van der Waals surface area contributed by atoms with Crippen LogP contribution in [0.4, 0.5) is 4.79 Å². The molecule has 8 heteroatoms. The van der Waals surface area contributed by atoms with Gasteiger partial charge in [-0.3, -0.25) is 9.59 Å². The highest BCUT2D eigenvalue weighted by Crippen LogP contribution is 2.44. The number of carbonyl (C=O) groups excluding carboxylic acids is 2. The summed E-state index contributed by atoms with van der Waals surface area (Å²) in [5.41, 5.74) is 4.41. The van der Waals surface area contributed by atoms with Gasteiger partial charge >= 0.3 is 12.1 Å². The van der Waals surface area contributed by atoms with E-state index < -0.39 is 35.7 Å². The molecule has 0 saturated heterocycles. The van der Waals surface area contributed by atoms with Crippen LogP contribution < -0.4 is 10.6 Å². The number of benzene rings is 3. The van der Waals surface area contributed by atoms with Crippen molar-refractivity contribution in [3.8, 4) is 11.1 Å². The average molecular weight is 557 g/mol. The van der Waals surface area contributed by atoms with Crippen LogP contribution in [0.1, 0.15) is 55.7 Å². The standard InChI is InChI=1S/C33H36N2O6/c1-21(40-19-22-10-4-3-5-11-22)30(31(38)35-33(2,18-29(36)37)23-16-17-23)34-32(39)41-20-28-26-14-8-6-12-24(26)25-13-7-9-15-27(25)28/h3-15,21,23,28,30H,16-20H2,1-2H3,(H,34,39)(H,35,38)(H,36,37)/t21-,30+,33?/m0/s1. The average Bonchev–Trinajstić information content (AvgIpc) is 3.78. The van der Waals surface area contributed by atoms with Crippen LogP contribution in [0.15, 0.2) is 78.9 Å². The maximum absolute atomic E-state index is 13.6. The van der Waals surface area contributed by atoms with Crippen molar-refractivity contribution in [3.63, 3.8) is 0 Å². The van der Waals surface area contributed by atoms with Crippen LogP contribution in [0.5, 0.6) is 0 Å². The second-order valence-electron chi connectivity index (χ2n) is 11.2. The van der Waals surface area contributed by atoms with Crippen molar-refractivity contribution in [2.75, 3.05) is 6.61 Å². The number of fused-ring (bicyclic) bond motifs is 3. The second kappa shape index (κ2) is 12.1. The lowest BCUT2D eigenvalue weighted by molar-refractivity contribution is -0.139. The van der Waals surface area contributed by atoms with Crippen LogP contribution in [0.25, 0.3) is 11.1 Å². The molecule has 8 nitrogen and oxygen atoms in total. The fourth-order valence-electron chi connectivity index (χ4n) is 5.75. The van der Waals surface area contributed by atoms with E-state index in [9.17, 15) is 19.5 Å². The summed E-state index contributed by atoms with van der Waals surface area (Å²) in [6.45, 7) is 3.80. The number of nitrogens with one attached hydrogen (secondary N) is 2. The topological polar surface area (TPSA) is 114 Å². The molecule has 214 valence electrons. The third-order valence-electron chi connectivity index (χ3n) is 8.13. The summed E-state index contributed by atoms with van der Waals surface area (Å²) in [7, 11) is 0. The first-order chi connectivity index (χ1) is 19.7. The zero-order valence-electron chi connectivity index (χ0n) is 23.3. The molecule has 0 radical (unpaired) electrons. The summed E-state index contributed by atoms with van der Waals surface area (Å²) in [4.78, 5) is 38.3. The molecule has 0 aliphatic heterocycles. The Bertz CT molecular complexity index is 1360. The molecule has 41 heavy (non-hydrogen) atoms. The van der Waals surface area contributed by atoms with E-state index in [1.807, 2.05) is 66.7 Å². The predicted octanol–water partition coefficient (Wildman–Crippen LogP) is 5.26. The van der Waals surface area contributed by atoms with E-state index in [4.69, 9.17) is 9.47 Å². The highest BCUT2D eigenvalue weighted by Gasteiger charge is 2.45. The summed E-state index contributed by atoms with van der Waals surface area (Å²) in [6.07, 6.45) is 0.0151. The largest absolute Gasteiger partial charge is 0.481 e. The van der Waals surface area contributed by atoms with Crippen LogP contribution in [0, 0.1) is 5.92 Å². The number of carboxylic acids is 1. The lowest BCUT2D eigenvalue weighted by Gasteiger charge is -2.33. The molecule has 1 saturated carbocycles. The maximum Gasteiger partial charge on any atom is 0.407 e. The van der Waals surface area contributed by atoms with E-state index in [1.165, 1.54) is 0 Å². The highest BCUT2D eigenvalue weighted by atomic mass is 16.5. The number of ether oxygens (including phenoxy) is 2. The number of hydrogen-bond donors (Lipinski definition) is 3. The number of rotatable bonds is 12. The van der Waals surface area contributed by atoms with Crippen molar-refractivity contribution in [1.29, 1.82) is 0 Å². The minimum Gasteiger partial charge on any atom is -0.481 e. The third kappa shape index (κ3) is 6.60. The van der Waals surface area contributed by atoms with Gasteiger partial charge in [0.25, 0.3) is 0 Å². The zero-order valence-corrected chi connectivity index (χ0v) is 23.3. The smallest absolute Gasteiger partial charge is 0.407 e. The Balaban J connectivity index is 1.29. The maximum atomic E-state index is 13.6. The van der Waals surface area contributed by atoms with E-state index in [1.54, 1.807) is 13.8 Å². The molecule has 1 fully saturated rings. The minimum atomic E-state index is -1.10. The summed E-state index contributed by atoms with van der Waals surface area (Å²) in [5, 5.41) is 15.1. The summed E-state index contributed by atoms with van der Waals surface area (Å²) >= 11 is 0. The molecule has 2 aliphatic carbocycles. The lowest BCUT2D eigenvalue weighted by atomic mass is 9.91. The SMILES string of the molecule is C[C@H](OCc1ccccc1)[C@@H](NC(=O)OCC1c2ccccc2-c2ccccc21)C(=O)NC(C)(CC(=O)O)C1CC1. The minimum absolute atomic E-state index is 0.0678. The van der Waals surface area contributed by atoms with Gasteiger partial charge in [-0.2, -0.15) is 0 Å². The van der Waals surface area contributed by atoms with Gasteiger partial charge in [-0.05, 0) is 60.4 Å². The monoisotopic (exact) mass is 556 g/mol. The fraction of sp³-hybridized carbons (Fsp3) is 0.364. The van der Waals surface area contributed by atoms with Crippen LogP contribution >= 0.6 is 0 Å². The van der Waals surface area contributed by atoms with Gasteiger partial charge in [0.15, 0.2) is 0 Å². The molecule has 0 spiro atoms. The van der Waals surface area contributed by atoms with Crippen LogP contribution in [-0.2, 0) is 25.7 Å². The van der Waals surface area contributed by atoms with Crippen molar-refractivity contribution in [2.24, 2.45) is 5.92 Å². The summed E-state index contributed by atoms with van der Waals surface area (Å²) in [6, 6.07) is 24.6. The van der Waals surface area contributed by atoms with Crippen LogP contribution in [-0.4, -0.2) is 47.4 Å². The quantitative estimate of drug-likeness (QED) is 0.281. The molecule has 0 heterocycles. The van der Waals surface area contributed by atoms with Gasteiger partial charge < -0.3 is 25.2 Å². The first-order valence-corrected chi connectivity index (χ1v) is 14.1. The van der Waals surface area contributed by atoms with Gasteiger partial charge in [-0.15, -0.1) is 0 Å². The number of amides is 2. The van der Waals surface area contributed by atoms with Gasteiger partial charge in [0, 0.05) is 5.92 Å². The van der Waals surface area contributed by atoms with Crippen molar-refractivity contribution in [3.05, 3.63) is 95.6 Å². The Morgan fingerprint density at radius 1 is 0.927 bits per heavy atom. The molecule has 1 unspecified atom stereocenters. The predicted molar refractivity (Wildman–Crippen MR) is 154 cm³/mol. The lowest BCUT2D eigenvalue weighted by Crippen LogP contribution is -2.59. The van der Waals surface area contributed by atoms with Gasteiger partial charge in [0.2, 0.25) is 5.91 Å². The molecular weight excluding hydrogens is 520 g/mol. The van der Waals surface area contributed by atoms with Gasteiger partial charge in [0.05, 0.1) is 24.7 Å². The number of hydrogen-bond acceptors (Lipinski definition) is 5. The molecule has 2 amide bonds. The molecule has 3 atom stereocenters. The van der Waals surface area contributed by atoms with Crippen LogP contribution in [0.2, 0.25) is 0 Å². The Hall–Kier alpha value is -4.17. The molecular formula is C33H36N2O6. The number of carbonyl (C=O) groups is 3. The molecule has 3 aromatic carbocycles. The molecule has 0 bridgehead atoms. The van der Waals surface area contributed by atoms with Gasteiger partial charge in [-0.25, -0.2) is 4.79 Å². The van der Waals surface area contributed by atoms with E-state index in [0.717, 1.165) is 40.7 Å². The zero-order chi connectivity index (χ0) is 29.0. The molecule has 5 rings (SSSR count). The molecule has 0 aromatic heterocycles. The van der Waals surface area contributed by atoms with Crippen molar-refractivity contribution < 1.29 is 29.0 Å². The fourth-order valence-corrected chi connectivity index (χ4v) is 5.75. The molecule has 2 aliphatic rings. The summed E-state index contributed by atoms with van der Waals surface area (Å²) in [5.74, 6) is -1.55. The van der Waals surface area contributed by atoms with Crippen molar-refractivity contribution in [2.45, 2.75) is 63.3 Å². The highest BCUT2D eigenvalue weighted by molar-refractivity contribution is 5.87. The van der Waals surface area contributed by atoms with Crippen molar-refractivity contribution in [1.82, 2.24) is 10.6 Å². The summed E-state index contributed by atoms with van der Waals surface area (Å²) < 4.78 is 11.7. The Labute approximate surface area is 240 Å². The van der Waals surface area contributed by atoms with E-state index >= 15 is 0 Å². The molecule has 3 N–H and O–H groups in total. The van der Waals surface area contributed by atoms with Crippen LogP contribution in [0.3, 0.4) is 0 Å². The van der Waals surface area contributed by atoms with Gasteiger partial charge in [-0.1, -0.05) is 78.9 Å².